The molecule has 2 saturated heterocycles. The highest BCUT2D eigenvalue weighted by Gasteiger charge is 2.23. The van der Waals surface area contributed by atoms with E-state index in [9.17, 15) is 0 Å². The standard InChI is InChI=1S/C23H21Cl2NO.C17H18BrNO.C6H5BCl2O2.CH4/c24-20-10-11-22(25)21(14-20)18-8-6-17(7-9-18)15-26-12-13-27-23(16-26)19-4-2-1-3-5-19;18-16-8-6-14(7-9-16)12-19-10-11-20-17(13-19)15-4-2-1-3-5-15;8-4-1-2-6(9)5(3-4)7(10)11;/h1-11,14,23H,12-13,15-16H2;1-9,17H,10-13H2;1-3,10-11H;1H4/t23-;17-;;/m11../s1. The molecule has 2 N–H and O–H groups in total. The predicted octanol–water partition coefficient (Wildman–Crippen LogP) is 11.6. The maximum atomic E-state index is 8.74. The van der Waals surface area contributed by atoms with E-state index < -0.39 is 7.12 Å². The Labute approximate surface area is 377 Å². The van der Waals surface area contributed by atoms with Gasteiger partial charge in [0.15, 0.2) is 0 Å². The molecule has 0 bridgehead atoms. The molecular formula is C47H48BBrCl4N2O4. The molecule has 0 saturated carbocycles. The van der Waals surface area contributed by atoms with Crippen molar-refractivity contribution in [2.75, 3.05) is 39.4 Å². The Kier molecular flexibility index (Phi) is 18.8. The zero-order valence-corrected chi connectivity index (χ0v) is 36.4. The van der Waals surface area contributed by atoms with Crippen molar-refractivity contribution in [2.45, 2.75) is 32.7 Å². The molecule has 308 valence electrons. The van der Waals surface area contributed by atoms with Crippen molar-refractivity contribution in [3.63, 3.8) is 0 Å². The third-order valence-corrected chi connectivity index (χ3v) is 11.5. The van der Waals surface area contributed by atoms with E-state index in [1.807, 2.05) is 30.3 Å². The molecule has 0 aromatic heterocycles. The molecule has 2 aliphatic heterocycles. The van der Waals surface area contributed by atoms with Gasteiger partial charge in [-0.15, -0.1) is 0 Å². The summed E-state index contributed by atoms with van der Waals surface area (Å²) in [6, 6.07) is 48.1. The first kappa shape index (κ1) is 46.8. The lowest BCUT2D eigenvalue weighted by molar-refractivity contribution is -0.0330. The molecule has 0 radical (unpaired) electrons. The normalized spacial score (nSPS) is 16.7. The van der Waals surface area contributed by atoms with Crippen LogP contribution in [0, 0.1) is 0 Å². The van der Waals surface area contributed by atoms with E-state index in [-0.39, 0.29) is 25.1 Å². The topological polar surface area (TPSA) is 65.4 Å². The van der Waals surface area contributed by atoms with Crippen LogP contribution >= 0.6 is 62.3 Å². The minimum Gasteiger partial charge on any atom is -0.423 e. The highest BCUT2D eigenvalue weighted by molar-refractivity contribution is 9.10. The van der Waals surface area contributed by atoms with Crippen molar-refractivity contribution in [1.82, 2.24) is 9.80 Å². The second kappa shape index (κ2) is 23.7. The Hall–Kier alpha value is -3.22. The fraction of sp³-hybridized carbons (Fsp3) is 0.234. The minimum atomic E-state index is -1.57. The Morgan fingerprint density at radius 2 is 1.03 bits per heavy atom. The summed E-state index contributed by atoms with van der Waals surface area (Å²) in [6.45, 7) is 7.28. The maximum Gasteiger partial charge on any atom is 0.490 e. The molecule has 0 spiro atoms. The summed E-state index contributed by atoms with van der Waals surface area (Å²) in [5.41, 5.74) is 7.41. The fourth-order valence-electron chi connectivity index (χ4n) is 6.76. The van der Waals surface area contributed by atoms with Gasteiger partial charge < -0.3 is 19.5 Å². The first-order valence-electron chi connectivity index (χ1n) is 19.0. The van der Waals surface area contributed by atoms with Crippen molar-refractivity contribution in [3.8, 4) is 11.1 Å². The van der Waals surface area contributed by atoms with Crippen LogP contribution in [0.15, 0.2) is 150 Å². The van der Waals surface area contributed by atoms with Gasteiger partial charge in [0.05, 0.1) is 25.4 Å². The van der Waals surface area contributed by atoms with Crippen LogP contribution in [0.2, 0.25) is 20.1 Å². The number of nitrogens with zero attached hydrogens (tertiary/aromatic N) is 2. The number of halogens is 5. The van der Waals surface area contributed by atoms with Crippen molar-refractivity contribution in [1.29, 1.82) is 0 Å². The summed E-state index contributed by atoms with van der Waals surface area (Å²) in [4.78, 5) is 4.91. The maximum absolute atomic E-state index is 8.74. The van der Waals surface area contributed by atoms with E-state index in [4.69, 9.17) is 65.9 Å². The molecule has 8 rings (SSSR count). The molecule has 6 nitrogen and oxygen atoms in total. The number of benzene rings is 6. The van der Waals surface area contributed by atoms with Crippen molar-refractivity contribution >= 4 is 74.9 Å². The molecule has 59 heavy (non-hydrogen) atoms. The van der Waals surface area contributed by atoms with Crippen molar-refractivity contribution < 1.29 is 19.5 Å². The third-order valence-electron chi connectivity index (χ3n) is 9.80. The van der Waals surface area contributed by atoms with E-state index in [0.29, 0.717) is 20.1 Å². The van der Waals surface area contributed by atoms with Gasteiger partial charge in [-0.1, -0.05) is 167 Å². The van der Waals surface area contributed by atoms with E-state index in [2.05, 4.69) is 123 Å². The van der Waals surface area contributed by atoms with Crippen LogP contribution in [0.1, 0.15) is 41.9 Å². The van der Waals surface area contributed by atoms with Crippen LogP contribution in [0.3, 0.4) is 0 Å². The van der Waals surface area contributed by atoms with Gasteiger partial charge >= 0.3 is 7.12 Å². The predicted molar refractivity (Wildman–Crippen MR) is 250 cm³/mol. The number of rotatable bonds is 8. The molecule has 2 aliphatic rings. The zero-order chi connectivity index (χ0) is 40.9. The van der Waals surface area contributed by atoms with Crippen molar-refractivity contribution in [2.24, 2.45) is 0 Å². The van der Waals surface area contributed by atoms with E-state index in [1.54, 1.807) is 6.07 Å². The van der Waals surface area contributed by atoms with Gasteiger partial charge in [0.2, 0.25) is 0 Å². The Morgan fingerprint density at radius 3 is 1.51 bits per heavy atom. The fourth-order valence-corrected chi connectivity index (χ4v) is 7.82. The first-order chi connectivity index (χ1) is 28.1. The molecule has 0 unspecified atom stereocenters. The van der Waals surface area contributed by atoms with Crippen LogP contribution in [-0.4, -0.2) is 66.4 Å². The lowest BCUT2D eigenvalue weighted by Crippen LogP contribution is -2.37. The highest BCUT2D eigenvalue weighted by atomic mass is 79.9. The van der Waals surface area contributed by atoms with Crippen LogP contribution in [0.4, 0.5) is 0 Å². The van der Waals surface area contributed by atoms with Crippen LogP contribution in [0.25, 0.3) is 11.1 Å². The van der Waals surface area contributed by atoms with Gasteiger partial charge in [-0.2, -0.15) is 0 Å². The molecule has 2 atom stereocenters. The second-order valence-corrected chi connectivity index (χ2v) is 16.6. The number of ether oxygens (including phenoxy) is 2. The van der Waals surface area contributed by atoms with Gasteiger partial charge in [-0.25, -0.2) is 0 Å². The zero-order valence-electron chi connectivity index (χ0n) is 31.7. The van der Waals surface area contributed by atoms with Gasteiger partial charge in [-0.3, -0.25) is 9.80 Å². The molecular weight excluding hydrogens is 889 g/mol. The first-order valence-corrected chi connectivity index (χ1v) is 21.3. The monoisotopic (exact) mass is 934 g/mol. The van der Waals surface area contributed by atoms with Gasteiger partial charge in [0, 0.05) is 74.9 Å². The summed E-state index contributed by atoms with van der Waals surface area (Å²) in [5.74, 6) is 0. The van der Waals surface area contributed by atoms with Crippen molar-refractivity contribution in [3.05, 3.63) is 192 Å². The van der Waals surface area contributed by atoms with Gasteiger partial charge in [0.1, 0.15) is 0 Å². The Morgan fingerprint density at radius 1 is 0.576 bits per heavy atom. The average Bonchev–Trinajstić information content (AvgIpc) is 3.25. The largest absolute Gasteiger partial charge is 0.490 e. The van der Waals surface area contributed by atoms with Gasteiger partial charge in [-0.05, 0) is 76.3 Å². The second-order valence-electron chi connectivity index (χ2n) is 14.0. The van der Waals surface area contributed by atoms with Crippen LogP contribution in [-0.2, 0) is 22.6 Å². The molecule has 6 aromatic carbocycles. The summed E-state index contributed by atoms with van der Waals surface area (Å²) < 4.78 is 13.0. The molecule has 12 heteroatoms. The number of morpholine rings is 2. The summed E-state index contributed by atoms with van der Waals surface area (Å²) in [7, 11) is -1.57. The van der Waals surface area contributed by atoms with E-state index >= 15 is 0 Å². The van der Waals surface area contributed by atoms with Gasteiger partial charge in [0.25, 0.3) is 0 Å². The smallest absolute Gasteiger partial charge is 0.423 e. The minimum absolute atomic E-state index is 0. The molecule has 2 heterocycles. The lowest BCUT2D eigenvalue weighted by Gasteiger charge is -2.33. The number of hydrogen-bond acceptors (Lipinski definition) is 6. The summed E-state index contributed by atoms with van der Waals surface area (Å²) >= 11 is 27.1. The van der Waals surface area contributed by atoms with Crippen LogP contribution in [0.5, 0.6) is 0 Å². The Balaban J connectivity index is 0.000000182. The SMILES string of the molecule is Brc1ccc(CN2CCO[C@@H](c3ccccc3)C2)cc1.C.Clc1ccc(Cl)c(-c2ccc(CN3CCO[C@@H](c4ccccc4)C3)cc2)c1.OB(O)c1cc(Cl)ccc1Cl. The summed E-state index contributed by atoms with van der Waals surface area (Å²) in [6.07, 6.45) is 0.338. The molecule has 0 aliphatic carbocycles. The molecule has 0 amide bonds. The quantitative estimate of drug-likeness (QED) is 0.148. The molecule has 2 fully saturated rings. The lowest BCUT2D eigenvalue weighted by atomic mass is 9.80. The average molecular weight is 937 g/mol. The Bertz CT molecular complexity index is 2170. The summed E-state index contributed by atoms with van der Waals surface area (Å²) in [5, 5.41) is 19.6. The van der Waals surface area contributed by atoms with Crippen LogP contribution < -0.4 is 5.46 Å². The highest BCUT2D eigenvalue weighted by Crippen LogP contribution is 2.31. The molecule has 6 aromatic rings. The van der Waals surface area contributed by atoms with E-state index in [1.165, 1.54) is 34.4 Å². The van der Waals surface area contributed by atoms with E-state index in [0.717, 1.165) is 68.1 Å². The number of hydrogen-bond donors (Lipinski definition) is 2. The third kappa shape index (κ3) is 14.4.